The Morgan fingerprint density at radius 1 is 0.684 bits per heavy atom. The Morgan fingerprint density at radius 3 is 1.26 bits per heavy atom. The molecule has 0 aliphatic rings. The highest BCUT2D eigenvalue weighted by Gasteiger charge is 2.14. The minimum atomic E-state index is 1.20. The lowest BCUT2D eigenvalue weighted by Crippen LogP contribution is -2.39. The van der Waals surface area contributed by atoms with Crippen molar-refractivity contribution in [1.82, 2.24) is 0 Å². The standard InChI is InChI=1S/C14H20N4S/c1-15(2)13-5-9-17(10-6-13)19-18-11-7-14(8-12-18)16(3)4/h5-12H,1-4H3/q+2. The molecule has 0 saturated carbocycles. The molecule has 2 rings (SSSR count). The van der Waals surface area contributed by atoms with Gasteiger partial charge >= 0.3 is 12.1 Å². The summed E-state index contributed by atoms with van der Waals surface area (Å²) in [6.45, 7) is 0. The molecular formula is C14H20N4S+2. The second-order valence-electron chi connectivity index (χ2n) is 4.70. The maximum absolute atomic E-state index is 2.10. The molecule has 2 heterocycles. The van der Waals surface area contributed by atoms with Crippen LogP contribution < -0.4 is 17.7 Å². The molecule has 0 spiro atoms. The van der Waals surface area contributed by atoms with Gasteiger partial charge in [-0.25, -0.2) is 0 Å². The molecule has 0 amide bonds. The molecule has 2 aromatic rings. The first-order chi connectivity index (χ1) is 9.06. The summed E-state index contributed by atoms with van der Waals surface area (Å²) in [5, 5.41) is 0. The van der Waals surface area contributed by atoms with Gasteiger partial charge in [0.15, 0.2) is 24.8 Å². The first kappa shape index (κ1) is 13.7. The normalized spacial score (nSPS) is 10.3. The number of nitrogens with zero attached hydrogens (tertiary/aromatic N) is 4. The van der Waals surface area contributed by atoms with Gasteiger partial charge in [-0.1, -0.05) is 7.94 Å². The van der Waals surface area contributed by atoms with Crippen LogP contribution in [-0.2, 0) is 0 Å². The Bertz CT molecular complexity index is 471. The molecule has 100 valence electrons. The van der Waals surface area contributed by atoms with Crippen LogP contribution in [0.25, 0.3) is 0 Å². The summed E-state index contributed by atoms with van der Waals surface area (Å²) in [5.74, 6) is 0. The molecule has 19 heavy (non-hydrogen) atoms. The Kier molecular flexibility index (Phi) is 4.27. The van der Waals surface area contributed by atoms with Gasteiger partial charge in [-0.2, -0.15) is 0 Å². The van der Waals surface area contributed by atoms with Crippen molar-refractivity contribution in [2.75, 3.05) is 38.0 Å². The molecule has 0 aliphatic carbocycles. The molecule has 0 aliphatic heterocycles. The van der Waals surface area contributed by atoms with Crippen molar-refractivity contribution in [2.45, 2.75) is 0 Å². The maximum atomic E-state index is 2.10. The first-order valence-electron chi connectivity index (χ1n) is 6.12. The van der Waals surface area contributed by atoms with Crippen LogP contribution in [0.2, 0.25) is 0 Å². The predicted octanol–water partition coefficient (Wildman–Crippen LogP) is 1.35. The first-order valence-corrected chi connectivity index (χ1v) is 6.85. The summed E-state index contributed by atoms with van der Waals surface area (Å²) in [4.78, 5) is 4.18. The fraction of sp³-hybridized carbons (Fsp3) is 0.286. The molecule has 5 heteroatoms. The molecule has 4 nitrogen and oxygen atoms in total. The average molecular weight is 276 g/mol. The Hall–Kier alpha value is -1.75. The van der Waals surface area contributed by atoms with E-state index >= 15 is 0 Å². The number of hydrogen-bond acceptors (Lipinski definition) is 3. The summed E-state index contributed by atoms with van der Waals surface area (Å²) in [7, 11) is 8.17. The maximum Gasteiger partial charge on any atom is 0.511 e. The van der Waals surface area contributed by atoms with Crippen molar-refractivity contribution in [3.05, 3.63) is 49.1 Å². The van der Waals surface area contributed by atoms with Crippen LogP contribution in [0.4, 0.5) is 11.4 Å². The van der Waals surface area contributed by atoms with Crippen LogP contribution in [0.15, 0.2) is 49.1 Å². The van der Waals surface area contributed by atoms with Gasteiger partial charge in [0.25, 0.3) is 0 Å². The Morgan fingerprint density at radius 2 is 1.00 bits per heavy atom. The lowest BCUT2D eigenvalue weighted by Gasteiger charge is -2.10. The monoisotopic (exact) mass is 276 g/mol. The Balaban J connectivity index is 2.08. The van der Waals surface area contributed by atoms with E-state index in [1.54, 1.807) is 12.1 Å². The van der Waals surface area contributed by atoms with Crippen LogP contribution in [-0.4, -0.2) is 28.2 Å². The van der Waals surface area contributed by atoms with Gasteiger partial charge in [-0.3, -0.25) is 0 Å². The van der Waals surface area contributed by atoms with Crippen molar-refractivity contribution < 1.29 is 7.94 Å². The van der Waals surface area contributed by atoms with Crippen LogP contribution in [0, 0.1) is 0 Å². The third-order valence-electron chi connectivity index (χ3n) is 2.79. The van der Waals surface area contributed by atoms with E-state index in [1.807, 2.05) is 28.2 Å². The van der Waals surface area contributed by atoms with Gasteiger partial charge in [-0.15, -0.1) is 0 Å². The molecule has 0 fully saturated rings. The van der Waals surface area contributed by atoms with E-state index in [0.29, 0.717) is 0 Å². The topological polar surface area (TPSA) is 14.2 Å². The lowest BCUT2D eigenvalue weighted by molar-refractivity contribution is -0.598. The number of hydrogen-bond donors (Lipinski definition) is 0. The van der Waals surface area contributed by atoms with Gasteiger partial charge < -0.3 is 9.80 Å². The van der Waals surface area contributed by atoms with E-state index in [0.717, 1.165) is 0 Å². The number of aromatic nitrogens is 2. The zero-order chi connectivity index (χ0) is 13.8. The molecule has 0 aromatic carbocycles. The largest absolute Gasteiger partial charge is 0.511 e. The van der Waals surface area contributed by atoms with Crippen molar-refractivity contribution >= 4 is 23.5 Å². The fourth-order valence-corrected chi connectivity index (χ4v) is 2.30. The van der Waals surface area contributed by atoms with Gasteiger partial charge in [0.2, 0.25) is 0 Å². The molecule has 0 N–H and O–H groups in total. The summed E-state index contributed by atoms with van der Waals surface area (Å²) in [6, 6.07) is 8.40. The van der Waals surface area contributed by atoms with Crippen LogP contribution in [0.3, 0.4) is 0 Å². The van der Waals surface area contributed by atoms with Crippen molar-refractivity contribution in [3.8, 4) is 0 Å². The molecule has 0 saturated heterocycles. The van der Waals surface area contributed by atoms with Gasteiger partial charge in [0.05, 0.1) is 0 Å². The third-order valence-corrected chi connectivity index (χ3v) is 3.65. The van der Waals surface area contributed by atoms with Crippen LogP contribution in [0.1, 0.15) is 0 Å². The molecular weight excluding hydrogens is 256 g/mol. The van der Waals surface area contributed by atoms with E-state index in [1.165, 1.54) is 11.4 Å². The van der Waals surface area contributed by atoms with E-state index in [-0.39, 0.29) is 0 Å². The highest BCUT2D eigenvalue weighted by molar-refractivity contribution is 7.86. The highest BCUT2D eigenvalue weighted by Crippen LogP contribution is 2.08. The van der Waals surface area contributed by atoms with Crippen LogP contribution in [0.5, 0.6) is 0 Å². The predicted molar refractivity (Wildman–Crippen MR) is 80.3 cm³/mol. The second-order valence-corrected chi connectivity index (χ2v) is 5.71. The smallest absolute Gasteiger partial charge is 0.377 e. The van der Waals surface area contributed by atoms with Gasteiger partial charge in [0.1, 0.15) is 0 Å². The summed E-state index contributed by atoms with van der Waals surface area (Å²) in [6.07, 6.45) is 8.25. The number of rotatable bonds is 4. The van der Waals surface area contributed by atoms with E-state index in [4.69, 9.17) is 0 Å². The van der Waals surface area contributed by atoms with Crippen molar-refractivity contribution in [2.24, 2.45) is 0 Å². The van der Waals surface area contributed by atoms with E-state index < -0.39 is 0 Å². The Labute approximate surface area is 119 Å². The molecule has 0 atom stereocenters. The van der Waals surface area contributed by atoms with Gasteiger partial charge in [0, 0.05) is 63.8 Å². The number of pyridine rings is 2. The van der Waals surface area contributed by atoms with Crippen molar-refractivity contribution in [1.29, 1.82) is 0 Å². The highest BCUT2D eigenvalue weighted by atomic mass is 32.2. The quantitative estimate of drug-likeness (QED) is 0.783. The SMILES string of the molecule is CN(C)c1cc[n+](S[n+]2ccc(N(C)C)cc2)cc1. The molecule has 0 radical (unpaired) electrons. The van der Waals surface area contributed by atoms with Crippen molar-refractivity contribution in [3.63, 3.8) is 0 Å². The van der Waals surface area contributed by atoms with Gasteiger partial charge in [-0.05, 0) is 0 Å². The number of anilines is 2. The molecule has 2 aromatic heterocycles. The third kappa shape index (κ3) is 3.61. The van der Waals surface area contributed by atoms with E-state index in [9.17, 15) is 0 Å². The minimum absolute atomic E-state index is 1.20. The summed E-state index contributed by atoms with van der Waals surface area (Å²) in [5.41, 5.74) is 2.40. The summed E-state index contributed by atoms with van der Waals surface area (Å²) < 4.78 is 4.14. The molecule has 0 bridgehead atoms. The van der Waals surface area contributed by atoms with E-state index in [2.05, 4.69) is 66.8 Å². The minimum Gasteiger partial charge on any atom is -0.377 e. The average Bonchev–Trinajstić information content (AvgIpc) is 2.40. The molecule has 0 unspecified atom stereocenters. The van der Waals surface area contributed by atoms with Crippen LogP contribution >= 0.6 is 12.1 Å². The zero-order valence-corrected chi connectivity index (χ0v) is 12.6. The fourth-order valence-electron chi connectivity index (χ4n) is 1.62. The second kappa shape index (κ2) is 5.93. The zero-order valence-electron chi connectivity index (χ0n) is 11.8. The summed E-state index contributed by atoms with van der Waals surface area (Å²) >= 11 is 1.62. The lowest BCUT2D eigenvalue weighted by atomic mass is 10.4.